The van der Waals surface area contributed by atoms with E-state index in [9.17, 15) is 19.8 Å². The van der Waals surface area contributed by atoms with E-state index in [1.54, 1.807) is 12.1 Å². The van der Waals surface area contributed by atoms with Crippen molar-refractivity contribution in [3.63, 3.8) is 0 Å². The van der Waals surface area contributed by atoms with Gasteiger partial charge in [-0.3, -0.25) is 9.80 Å². The van der Waals surface area contributed by atoms with Crippen LogP contribution >= 0.6 is 0 Å². The van der Waals surface area contributed by atoms with Crippen molar-refractivity contribution in [3.05, 3.63) is 81.7 Å². The van der Waals surface area contributed by atoms with E-state index in [4.69, 9.17) is 9.47 Å². The molecule has 53 heavy (non-hydrogen) atoms. The van der Waals surface area contributed by atoms with Crippen LogP contribution in [0.4, 0.5) is 11.4 Å². The third kappa shape index (κ3) is 3.55. The lowest BCUT2D eigenvalue weighted by molar-refractivity contribution is -0.138. The van der Waals surface area contributed by atoms with Gasteiger partial charge in [0.25, 0.3) is 0 Å². The molecule has 4 N–H and O–H groups in total. The van der Waals surface area contributed by atoms with Crippen LogP contribution < -0.4 is 10.6 Å². The number of aromatic hydroxyl groups is 2. The Hall–Kier alpha value is -4.28. The maximum Gasteiger partial charge on any atom is 0.335 e. The highest BCUT2D eigenvalue weighted by molar-refractivity contribution is 5.94. The molecular formula is C43H48N4O6. The molecule has 0 radical (unpaired) electrons. The van der Waals surface area contributed by atoms with Gasteiger partial charge < -0.3 is 30.3 Å². The molecule has 0 amide bonds. The Labute approximate surface area is 309 Å². The summed E-state index contributed by atoms with van der Waals surface area (Å²) >= 11 is 0. The first-order valence-corrected chi connectivity index (χ1v) is 19.7. The lowest BCUT2D eigenvalue weighted by Gasteiger charge is -2.58. The van der Waals surface area contributed by atoms with Crippen LogP contribution in [0.5, 0.6) is 11.5 Å². The lowest BCUT2D eigenvalue weighted by atomic mass is 9.52. The van der Waals surface area contributed by atoms with Crippen molar-refractivity contribution in [2.24, 2.45) is 22.7 Å². The first-order chi connectivity index (χ1) is 25.6. The number of rotatable bonds is 5. The minimum atomic E-state index is -0.463. The standard InChI is InChI=1S/C43H48N4O6/c1-5-40-10-7-13-46-14-11-43(38(40)46)29-18-24(32(49)19-31(29)45-34(43)25(20-40)36(50)52-3)33-23-17-28(23)41(6-2)21-26(37(51)53-4)35-42(12-15-47(33)39(41)42)27-9-8-22(48)16-30(27)44-35/h7-10,16,18-19,23,28,33,38-39,44-45,48-49H,5-6,11-15,17,20-21H2,1-4H3. The van der Waals surface area contributed by atoms with Gasteiger partial charge >= 0.3 is 11.9 Å². The number of piperidine rings is 1. The summed E-state index contributed by atoms with van der Waals surface area (Å²) < 4.78 is 10.9. The van der Waals surface area contributed by atoms with Crippen LogP contribution in [-0.2, 0) is 29.9 Å². The Morgan fingerprint density at radius 1 is 0.868 bits per heavy atom. The van der Waals surface area contributed by atoms with Crippen LogP contribution in [0.25, 0.3) is 0 Å². The number of anilines is 2. The van der Waals surface area contributed by atoms with E-state index >= 15 is 0 Å². The molecule has 276 valence electrons. The molecule has 2 aromatic rings. The Balaban J connectivity index is 1.10. The van der Waals surface area contributed by atoms with Crippen molar-refractivity contribution < 1.29 is 29.3 Å². The molecule has 9 aliphatic rings. The SMILES string of the molecule is CCC12C=CCN3CCC4(C(=C(C(=O)OC)C1)Nc1cc(O)c(C5C6CC6C6(CC)CC(C(=O)OC)=C7Nc8cc(O)ccc8C78CCN5C86)cc14)C32. The van der Waals surface area contributed by atoms with E-state index in [1.807, 2.05) is 6.07 Å². The van der Waals surface area contributed by atoms with Crippen molar-refractivity contribution in [1.82, 2.24) is 9.80 Å². The number of carbonyl (C=O) groups excluding carboxylic acids is 2. The number of carbonyl (C=O) groups is 2. The summed E-state index contributed by atoms with van der Waals surface area (Å²) in [6.07, 6.45) is 10.6. The molecule has 9 unspecified atom stereocenters. The average Bonchev–Trinajstić information content (AvgIpc) is 3.42. The van der Waals surface area contributed by atoms with Crippen molar-refractivity contribution >= 4 is 23.3 Å². The Morgan fingerprint density at radius 3 is 2.28 bits per heavy atom. The van der Waals surface area contributed by atoms with E-state index in [0.29, 0.717) is 30.4 Å². The summed E-state index contributed by atoms with van der Waals surface area (Å²) in [7, 11) is 2.95. The van der Waals surface area contributed by atoms with Crippen LogP contribution in [-0.4, -0.2) is 77.9 Å². The number of nitrogens with one attached hydrogen (secondary N) is 2. The van der Waals surface area contributed by atoms with Crippen LogP contribution in [0.2, 0.25) is 0 Å². The summed E-state index contributed by atoms with van der Waals surface area (Å²) in [5, 5.41) is 30.1. The zero-order valence-electron chi connectivity index (χ0n) is 30.9. The molecule has 6 heterocycles. The molecule has 2 spiro atoms. The number of nitrogens with zero attached hydrogens (tertiary/aromatic N) is 2. The van der Waals surface area contributed by atoms with Crippen LogP contribution in [0.15, 0.2) is 65.0 Å². The molecule has 1 saturated carbocycles. The second-order valence-electron chi connectivity index (χ2n) is 17.5. The molecule has 11 rings (SSSR count). The molecule has 9 atom stereocenters. The number of phenols is 2. The van der Waals surface area contributed by atoms with Gasteiger partial charge in [-0.25, -0.2) is 9.59 Å². The number of benzene rings is 2. The van der Waals surface area contributed by atoms with E-state index in [0.717, 1.165) is 96.8 Å². The predicted octanol–water partition coefficient (Wildman–Crippen LogP) is 5.99. The summed E-state index contributed by atoms with van der Waals surface area (Å²) in [4.78, 5) is 32.5. The molecule has 3 saturated heterocycles. The lowest BCUT2D eigenvalue weighted by Crippen LogP contribution is -2.61. The Bertz CT molecular complexity index is 2160. The maximum atomic E-state index is 13.6. The largest absolute Gasteiger partial charge is 0.508 e. The van der Waals surface area contributed by atoms with E-state index in [2.05, 4.69) is 58.6 Å². The van der Waals surface area contributed by atoms with Crippen LogP contribution in [0, 0.1) is 22.7 Å². The van der Waals surface area contributed by atoms with E-state index in [1.165, 1.54) is 19.8 Å². The molecule has 3 aliphatic carbocycles. The van der Waals surface area contributed by atoms with Gasteiger partial charge in [0, 0.05) is 83.6 Å². The maximum absolute atomic E-state index is 13.6. The highest BCUT2D eigenvalue weighted by Gasteiger charge is 2.75. The zero-order chi connectivity index (χ0) is 36.4. The van der Waals surface area contributed by atoms with Gasteiger partial charge in [-0.2, -0.15) is 0 Å². The van der Waals surface area contributed by atoms with Crippen LogP contribution in [0.1, 0.15) is 81.5 Å². The molecular weight excluding hydrogens is 668 g/mol. The van der Waals surface area contributed by atoms with Gasteiger partial charge in [0.1, 0.15) is 11.5 Å². The van der Waals surface area contributed by atoms with E-state index < -0.39 is 10.8 Å². The first-order valence-electron chi connectivity index (χ1n) is 19.7. The third-order valence-electron chi connectivity index (χ3n) is 16.1. The number of esters is 2. The van der Waals surface area contributed by atoms with Crippen molar-refractivity contribution in [2.75, 3.05) is 44.5 Å². The molecule has 6 aliphatic heterocycles. The quantitative estimate of drug-likeness (QED) is 0.217. The monoisotopic (exact) mass is 716 g/mol. The zero-order valence-corrected chi connectivity index (χ0v) is 30.9. The van der Waals surface area contributed by atoms with Crippen molar-refractivity contribution in [1.29, 1.82) is 0 Å². The molecule has 4 fully saturated rings. The van der Waals surface area contributed by atoms with E-state index in [-0.39, 0.29) is 46.6 Å². The summed E-state index contributed by atoms with van der Waals surface area (Å²) in [6.45, 7) is 7.19. The average molecular weight is 717 g/mol. The normalized spacial score (nSPS) is 39.2. The summed E-state index contributed by atoms with van der Waals surface area (Å²) in [6, 6.07) is 10.2. The summed E-state index contributed by atoms with van der Waals surface area (Å²) in [5.41, 5.74) is 7.22. The Morgan fingerprint density at radius 2 is 1.57 bits per heavy atom. The summed E-state index contributed by atoms with van der Waals surface area (Å²) in [5.74, 6) is 0.666. The van der Waals surface area contributed by atoms with Gasteiger partial charge in [-0.1, -0.05) is 32.1 Å². The molecule has 10 nitrogen and oxygen atoms in total. The van der Waals surface area contributed by atoms with Gasteiger partial charge in [-0.15, -0.1) is 0 Å². The fraction of sp³-hybridized carbons (Fsp3) is 0.535. The number of phenolic OH excluding ortho intramolecular Hbond substituents is 2. The first kappa shape index (κ1) is 32.2. The van der Waals surface area contributed by atoms with Crippen molar-refractivity contribution in [2.45, 2.75) is 87.7 Å². The van der Waals surface area contributed by atoms with Gasteiger partial charge in [0.05, 0.1) is 36.2 Å². The van der Waals surface area contributed by atoms with Gasteiger partial charge in [0.2, 0.25) is 0 Å². The Kier molecular flexibility index (Phi) is 6.23. The van der Waals surface area contributed by atoms with Gasteiger partial charge in [-0.05, 0) is 85.5 Å². The number of ether oxygens (including phenoxy) is 2. The molecule has 10 heteroatoms. The topological polar surface area (TPSA) is 124 Å². The predicted molar refractivity (Wildman–Crippen MR) is 198 cm³/mol. The number of hydrogen-bond acceptors (Lipinski definition) is 10. The number of fused-ring (bicyclic) bond motifs is 4. The second-order valence-corrected chi connectivity index (χ2v) is 17.5. The minimum Gasteiger partial charge on any atom is -0.508 e. The van der Waals surface area contributed by atoms with Crippen LogP contribution in [0.3, 0.4) is 0 Å². The number of hydrogen-bond donors (Lipinski definition) is 4. The van der Waals surface area contributed by atoms with Crippen molar-refractivity contribution in [3.8, 4) is 11.5 Å². The minimum absolute atomic E-state index is 0.00392. The fourth-order valence-electron chi connectivity index (χ4n) is 14.2. The smallest absolute Gasteiger partial charge is 0.335 e. The highest BCUT2D eigenvalue weighted by atomic mass is 16.5. The molecule has 2 aromatic carbocycles. The third-order valence-corrected chi connectivity index (χ3v) is 16.1. The molecule has 0 bridgehead atoms. The molecule has 0 aromatic heterocycles. The number of methoxy groups -OCH3 is 2. The second kappa shape index (κ2) is 10.3. The highest BCUT2D eigenvalue weighted by Crippen LogP contribution is 2.76. The fourth-order valence-corrected chi connectivity index (χ4v) is 14.2. The van der Waals surface area contributed by atoms with Gasteiger partial charge in [0.15, 0.2) is 0 Å².